The summed E-state index contributed by atoms with van der Waals surface area (Å²) in [5.74, 6) is 0.0175. The molecule has 3 heteroatoms. The van der Waals surface area contributed by atoms with Gasteiger partial charge in [0.1, 0.15) is 0 Å². The molecular weight excluding hydrogens is 270 g/mol. The van der Waals surface area contributed by atoms with Gasteiger partial charge in [0.2, 0.25) is 5.91 Å². The summed E-state index contributed by atoms with van der Waals surface area (Å²) in [5, 5.41) is 3.53. The number of para-hydroxylation sites is 1. The van der Waals surface area contributed by atoms with Crippen molar-refractivity contribution in [3.63, 3.8) is 0 Å². The van der Waals surface area contributed by atoms with Gasteiger partial charge in [-0.1, -0.05) is 48.0 Å². The van der Waals surface area contributed by atoms with Gasteiger partial charge in [0.05, 0.1) is 16.1 Å². The number of hydrogen-bond donors (Lipinski definition) is 1. The summed E-state index contributed by atoms with van der Waals surface area (Å²) in [6, 6.07) is 13.9. The second-order valence-electron chi connectivity index (χ2n) is 5.55. The molecule has 0 saturated carbocycles. The number of rotatable bonds is 2. The predicted molar refractivity (Wildman–Crippen MR) is 82.3 cm³/mol. The molecule has 0 fully saturated rings. The minimum atomic E-state index is -0.563. The molecule has 1 aliphatic rings. The van der Waals surface area contributed by atoms with Crippen LogP contribution in [0, 0.1) is 6.92 Å². The zero-order valence-corrected chi connectivity index (χ0v) is 12.3. The molecule has 3 rings (SSSR count). The van der Waals surface area contributed by atoms with E-state index in [0.717, 1.165) is 11.3 Å². The molecule has 1 unspecified atom stereocenters. The van der Waals surface area contributed by atoms with E-state index in [9.17, 15) is 4.79 Å². The van der Waals surface area contributed by atoms with E-state index < -0.39 is 5.41 Å². The van der Waals surface area contributed by atoms with E-state index in [2.05, 4.69) is 24.4 Å². The number of carbonyl (C=O) groups excluding carboxylic acids is 1. The molecule has 1 aliphatic heterocycles. The summed E-state index contributed by atoms with van der Waals surface area (Å²) < 4.78 is 0. The Hall–Kier alpha value is -1.80. The zero-order valence-electron chi connectivity index (χ0n) is 11.5. The van der Waals surface area contributed by atoms with Crippen molar-refractivity contribution in [1.82, 2.24) is 0 Å². The minimum absolute atomic E-state index is 0.0175. The average Bonchev–Trinajstić information content (AvgIpc) is 2.67. The van der Waals surface area contributed by atoms with Crippen molar-refractivity contribution in [3.05, 3.63) is 64.2 Å². The van der Waals surface area contributed by atoms with Gasteiger partial charge >= 0.3 is 0 Å². The highest BCUT2D eigenvalue weighted by atomic mass is 35.5. The Bertz CT molecular complexity index is 695. The molecule has 0 radical (unpaired) electrons. The molecule has 0 aromatic heterocycles. The first kappa shape index (κ1) is 13.2. The van der Waals surface area contributed by atoms with Crippen LogP contribution in [0.4, 0.5) is 5.69 Å². The van der Waals surface area contributed by atoms with Gasteiger partial charge in [-0.2, -0.15) is 0 Å². The van der Waals surface area contributed by atoms with E-state index in [0.29, 0.717) is 11.4 Å². The molecule has 0 bridgehead atoms. The SMILES string of the molecule is Cc1ccccc1CC1(C)C(=O)Nc2c(Cl)cccc21. The largest absolute Gasteiger partial charge is 0.324 e. The van der Waals surface area contributed by atoms with Crippen molar-refractivity contribution in [2.24, 2.45) is 0 Å². The standard InChI is InChI=1S/C17H16ClNO/c1-11-6-3-4-7-12(11)10-17(2)13-8-5-9-14(18)15(13)19-16(17)20/h3-9H,10H2,1-2H3,(H,19,20). The number of carbonyl (C=O) groups is 1. The van der Waals surface area contributed by atoms with Crippen molar-refractivity contribution in [1.29, 1.82) is 0 Å². The third-order valence-electron chi connectivity index (χ3n) is 4.15. The number of halogens is 1. The van der Waals surface area contributed by atoms with Crippen molar-refractivity contribution in [2.75, 3.05) is 5.32 Å². The summed E-state index contributed by atoms with van der Waals surface area (Å²) in [6.45, 7) is 4.06. The summed E-state index contributed by atoms with van der Waals surface area (Å²) >= 11 is 6.18. The third kappa shape index (κ3) is 1.92. The fraction of sp³-hybridized carbons (Fsp3) is 0.235. The maximum atomic E-state index is 12.5. The minimum Gasteiger partial charge on any atom is -0.324 e. The van der Waals surface area contributed by atoms with Crippen LogP contribution in [0.25, 0.3) is 0 Å². The van der Waals surface area contributed by atoms with Crippen LogP contribution >= 0.6 is 11.6 Å². The second-order valence-corrected chi connectivity index (χ2v) is 5.96. The topological polar surface area (TPSA) is 29.1 Å². The number of aryl methyl sites for hydroxylation is 1. The first-order valence-electron chi connectivity index (χ1n) is 6.67. The number of hydrogen-bond acceptors (Lipinski definition) is 1. The Kier molecular flexibility index (Phi) is 3.06. The Morgan fingerprint density at radius 2 is 1.90 bits per heavy atom. The van der Waals surface area contributed by atoms with E-state index in [1.165, 1.54) is 11.1 Å². The van der Waals surface area contributed by atoms with Gasteiger partial charge in [-0.3, -0.25) is 4.79 Å². The monoisotopic (exact) mass is 285 g/mol. The number of fused-ring (bicyclic) bond motifs is 1. The molecule has 20 heavy (non-hydrogen) atoms. The number of benzene rings is 2. The maximum absolute atomic E-state index is 12.5. The molecular formula is C17H16ClNO. The lowest BCUT2D eigenvalue weighted by Crippen LogP contribution is -2.33. The lowest BCUT2D eigenvalue weighted by molar-refractivity contribution is -0.120. The van der Waals surface area contributed by atoms with Gasteiger partial charge in [-0.25, -0.2) is 0 Å². The molecule has 0 aliphatic carbocycles. The van der Waals surface area contributed by atoms with Gasteiger partial charge < -0.3 is 5.32 Å². The van der Waals surface area contributed by atoms with E-state index >= 15 is 0 Å². The Balaban J connectivity index is 2.07. The molecule has 1 atom stereocenters. The second kappa shape index (κ2) is 4.64. The molecule has 0 saturated heterocycles. The Labute approximate surface area is 123 Å². The van der Waals surface area contributed by atoms with Gasteiger partial charge in [0.15, 0.2) is 0 Å². The van der Waals surface area contributed by atoms with E-state index in [-0.39, 0.29) is 5.91 Å². The Morgan fingerprint density at radius 3 is 2.65 bits per heavy atom. The van der Waals surface area contributed by atoms with Crippen LogP contribution in [-0.4, -0.2) is 5.91 Å². The van der Waals surface area contributed by atoms with E-state index in [1.54, 1.807) is 6.07 Å². The highest BCUT2D eigenvalue weighted by Crippen LogP contribution is 2.43. The molecule has 1 N–H and O–H groups in total. The fourth-order valence-corrected chi connectivity index (χ4v) is 3.07. The highest BCUT2D eigenvalue weighted by molar-refractivity contribution is 6.34. The van der Waals surface area contributed by atoms with Gasteiger partial charge in [0, 0.05) is 0 Å². The molecule has 2 nitrogen and oxygen atoms in total. The summed E-state index contributed by atoms with van der Waals surface area (Å²) in [7, 11) is 0. The smallest absolute Gasteiger partial charge is 0.235 e. The lowest BCUT2D eigenvalue weighted by Gasteiger charge is -2.23. The summed E-state index contributed by atoms with van der Waals surface area (Å²) in [5.41, 5.74) is 3.58. The van der Waals surface area contributed by atoms with Crippen LogP contribution in [0.2, 0.25) is 5.02 Å². The fourth-order valence-electron chi connectivity index (χ4n) is 2.85. The molecule has 0 spiro atoms. The van der Waals surface area contributed by atoms with Crippen molar-refractivity contribution < 1.29 is 4.79 Å². The molecule has 2 aromatic rings. The van der Waals surface area contributed by atoms with Crippen LogP contribution in [0.3, 0.4) is 0 Å². The van der Waals surface area contributed by atoms with Gasteiger partial charge in [-0.05, 0) is 43.0 Å². The normalized spacial score (nSPS) is 20.6. The van der Waals surface area contributed by atoms with Crippen LogP contribution in [0.15, 0.2) is 42.5 Å². The van der Waals surface area contributed by atoms with E-state index in [1.807, 2.05) is 31.2 Å². The zero-order chi connectivity index (χ0) is 14.3. The van der Waals surface area contributed by atoms with Crippen molar-refractivity contribution >= 4 is 23.2 Å². The van der Waals surface area contributed by atoms with Crippen LogP contribution < -0.4 is 5.32 Å². The molecule has 1 heterocycles. The van der Waals surface area contributed by atoms with Gasteiger partial charge in [0.25, 0.3) is 0 Å². The summed E-state index contributed by atoms with van der Waals surface area (Å²) in [4.78, 5) is 12.5. The van der Waals surface area contributed by atoms with E-state index in [4.69, 9.17) is 11.6 Å². The quantitative estimate of drug-likeness (QED) is 0.884. The van der Waals surface area contributed by atoms with Crippen molar-refractivity contribution in [2.45, 2.75) is 25.7 Å². The lowest BCUT2D eigenvalue weighted by atomic mass is 9.77. The first-order chi connectivity index (χ1) is 9.52. The van der Waals surface area contributed by atoms with Crippen molar-refractivity contribution in [3.8, 4) is 0 Å². The molecule has 1 amide bonds. The highest BCUT2D eigenvalue weighted by Gasteiger charge is 2.43. The summed E-state index contributed by atoms with van der Waals surface area (Å²) in [6.07, 6.45) is 0.679. The number of amides is 1. The molecule has 102 valence electrons. The van der Waals surface area contributed by atoms with Crippen LogP contribution in [0.1, 0.15) is 23.6 Å². The third-order valence-corrected chi connectivity index (χ3v) is 4.47. The number of anilines is 1. The van der Waals surface area contributed by atoms with Crippen LogP contribution in [-0.2, 0) is 16.6 Å². The molecule has 2 aromatic carbocycles. The van der Waals surface area contributed by atoms with Crippen LogP contribution in [0.5, 0.6) is 0 Å². The van der Waals surface area contributed by atoms with Gasteiger partial charge in [-0.15, -0.1) is 0 Å². The predicted octanol–water partition coefficient (Wildman–Crippen LogP) is 4.10. The maximum Gasteiger partial charge on any atom is 0.235 e. The first-order valence-corrected chi connectivity index (χ1v) is 7.05. The average molecular weight is 286 g/mol. The Morgan fingerprint density at radius 1 is 1.15 bits per heavy atom. The number of nitrogens with one attached hydrogen (secondary N) is 1.